The Morgan fingerprint density at radius 2 is 1.58 bits per heavy atom. The highest BCUT2D eigenvalue weighted by atomic mass is 32.2. The van der Waals surface area contributed by atoms with Crippen LogP contribution in [0.3, 0.4) is 0 Å². The fourth-order valence-electron chi connectivity index (χ4n) is 2.47. The molecule has 3 atom stereocenters. The second-order valence-corrected chi connectivity index (χ2v) is 6.31. The van der Waals surface area contributed by atoms with Gasteiger partial charge in [-0.25, -0.2) is 0 Å². The molecule has 0 aromatic heterocycles. The van der Waals surface area contributed by atoms with Crippen LogP contribution in [0.4, 0.5) is 0 Å². The summed E-state index contributed by atoms with van der Waals surface area (Å²) in [4.78, 5) is 0.888. The second-order valence-electron chi connectivity index (χ2n) is 4.64. The molecule has 0 bridgehead atoms. The van der Waals surface area contributed by atoms with Crippen molar-refractivity contribution < 1.29 is 8.95 Å². The van der Waals surface area contributed by atoms with E-state index in [0.29, 0.717) is 6.61 Å². The molecule has 0 unspecified atom stereocenters. The largest absolute Gasteiger partial charge is 0.372 e. The lowest BCUT2D eigenvalue weighted by molar-refractivity contribution is 0.113. The fourth-order valence-corrected chi connectivity index (χ4v) is 4.02. The summed E-state index contributed by atoms with van der Waals surface area (Å²) in [7, 11) is -1.01. The third kappa shape index (κ3) is 2.62. The predicted molar refractivity (Wildman–Crippen MR) is 76.4 cm³/mol. The van der Waals surface area contributed by atoms with Gasteiger partial charge in [0, 0.05) is 11.5 Å². The molecular weight excluding hydrogens is 256 g/mol. The van der Waals surface area contributed by atoms with E-state index in [1.54, 1.807) is 0 Å². The summed E-state index contributed by atoms with van der Waals surface area (Å²) in [6.45, 7) is 0.683. The molecule has 0 radical (unpaired) electrons. The van der Waals surface area contributed by atoms with E-state index >= 15 is 0 Å². The Labute approximate surface area is 115 Å². The summed E-state index contributed by atoms with van der Waals surface area (Å²) in [6.07, 6.45) is 0.795. The van der Waals surface area contributed by atoms with Crippen molar-refractivity contribution >= 4 is 10.8 Å². The highest BCUT2D eigenvalue weighted by Gasteiger charge is 2.34. The third-order valence-electron chi connectivity index (χ3n) is 3.42. The summed E-state index contributed by atoms with van der Waals surface area (Å²) in [5, 5.41) is 0.0461. The molecular formula is C16H16O2S. The van der Waals surface area contributed by atoms with Gasteiger partial charge in [0.15, 0.2) is 0 Å². The van der Waals surface area contributed by atoms with Gasteiger partial charge in [0.1, 0.15) is 0 Å². The number of hydrogen-bond donors (Lipinski definition) is 0. The van der Waals surface area contributed by atoms with Gasteiger partial charge in [-0.2, -0.15) is 0 Å². The van der Waals surface area contributed by atoms with Crippen molar-refractivity contribution in [2.75, 3.05) is 6.61 Å². The lowest BCUT2D eigenvalue weighted by Crippen LogP contribution is -2.19. The van der Waals surface area contributed by atoms with Crippen molar-refractivity contribution in [3.05, 3.63) is 66.2 Å². The Kier molecular flexibility index (Phi) is 3.76. The van der Waals surface area contributed by atoms with Crippen LogP contribution in [0, 0.1) is 0 Å². The third-order valence-corrected chi connectivity index (χ3v) is 5.19. The van der Waals surface area contributed by atoms with Gasteiger partial charge in [-0.3, -0.25) is 4.21 Å². The first-order valence-corrected chi connectivity index (χ1v) is 7.70. The van der Waals surface area contributed by atoms with Crippen LogP contribution in [0.15, 0.2) is 65.6 Å². The molecule has 1 aliphatic heterocycles. The van der Waals surface area contributed by atoms with Gasteiger partial charge in [-0.1, -0.05) is 48.5 Å². The van der Waals surface area contributed by atoms with E-state index in [9.17, 15) is 4.21 Å². The minimum atomic E-state index is -1.01. The number of benzene rings is 2. The van der Waals surface area contributed by atoms with Crippen molar-refractivity contribution in [2.24, 2.45) is 0 Å². The molecule has 0 aliphatic carbocycles. The maximum absolute atomic E-state index is 12.7. The monoisotopic (exact) mass is 272 g/mol. The van der Waals surface area contributed by atoms with Gasteiger partial charge in [-0.15, -0.1) is 0 Å². The van der Waals surface area contributed by atoms with Crippen LogP contribution in [0.1, 0.15) is 18.1 Å². The van der Waals surface area contributed by atoms with Crippen LogP contribution in [-0.4, -0.2) is 16.1 Å². The van der Waals surface area contributed by atoms with E-state index in [1.165, 1.54) is 0 Å². The van der Waals surface area contributed by atoms with E-state index < -0.39 is 10.8 Å². The van der Waals surface area contributed by atoms with Gasteiger partial charge in [0.25, 0.3) is 0 Å². The standard InChI is InChI=1S/C16H16O2S/c17-19(14-9-5-2-6-10-14)15-11-12-18-16(15)13-7-3-1-4-8-13/h1-10,15-16H,11-12H2/t15-,16+,19-/m1/s1. The van der Waals surface area contributed by atoms with E-state index in [4.69, 9.17) is 4.74 Å². The molecule has 0 N–H and O–H groups in total. The molecule has 3 rings (SSSR count). The Hall–Kier alpha value is -1.45. The summed E-state index contributed by atoms with van der Waals surface area (Å²) in [5.41, 5.74) is 1.12. The van der Waals surface area contributed by atoms with Gasteiger partial charge < -0.3 is 4.74 Å². The number of rotatable bonds is 3. The SMILES string of the molecule is O=[S@](c1ccccc1)[C@@H]1CCO[C@H]1c1ccccc1. The average molecular weight is 272 g/mol. The molecule has 2 aromatic rings. The van der Waals surface area contributed by atoms with E-state index in [1.807, 2.05) is 60.7 Å². The number of ether oxygens (including phenoxy) is 1. The molecule has 98 valence electrons. The Balaban J connectivity index is 1.86. The minimum absolute atomic E-state index is 0.0461. The molecule has 0 saturated carbocycles. The Morgan fingerprint density at radius 3 is 2.26 bits per heavy atom. The van der Waals surface area contributed by atoms with E-state index in [2.05, 4.69) is 0 Å². The van der Waals surface area contributed by atoms with Gasteiger partial charge >= 0.3 is 0 Å². The quantitative estimate of drug-likeness (QED) is 0.856. The average Bonchev–Trinajstić information content (AvgIpc) is 2.98. The Morgan fingerprint density at radius 1 is 0.947 bits per heavy atom. The van der Waals surface area contributed by atoms with Crippen molar-refractivity contribution in [3.63, 3.8) is 0 Å². The van der Waals surface area contributed by atoms with Gasteiger partial charge in [-0.05, 0) is 24.1 Å². The zero-order chi connectivity index (χ0) is 13.1. The minimum Gasteiger partial charge on any atom is -0.372 e. The first-order chi connectivity index (χ1) is 9.36. The van der Waals surface area contributed by atoms with E-state index in [-0.39, 0.29) is 11.4 Å². The molecule has 0 amide bonds. The maximum atomic E-state index is 12.7. The number of hydrogen-bond acceptors (Lipinski definition) is 2. The first-order valence-electron chi connectivity index (χ1n) is 6.48. The molecule has 1 aliphatic rings. The van der Waals surface area contributed by atoms with Crippen LogP contribution in [-0.2, 0) is 15.5 Å². The first kappa shape index (κ1) is 12.6. The lowest BCUT2D eigenvalue weighted by atomic mass is 10.1. The highest BCUT2D eigenvalue weighted by Crippen LogP contribution is 2.34. The lowest BCUT2D eigenvalue weighted by Gasteiger charge is -2.18. The maximum Gasteiger partial charge on any atom is 0.0972 e. The van der Waals surface area contributed by atoms with Crippen molar-refractivity contribution in [1.82, 2.24) is 0 Å². The molecule has 1 heterocycles. The predicted octanol–water partition coefficient (Wildman–Crippen LogP) is 3.32. The van der Waals surface area contributed by atoms with Crippen molar-refractivity contribution in [2.45, 2.75) is 22.7 Å². The highest BCUT2D eigenvalue weighted by molar-refractivity contribution is 7.85. The molecule has 0 spiro atoms. The zero-order valence-electron chi connectivity index (χ0n) is 10.6. The molecule has 19 heavy (non-hydrogen) atoms. The molecule has 3 heteroatoms. The summed E-state index contributed by atoms with van der Waals surface area (Å²) in [5.74, 6) is 0. The van der Waals surface area contributed by atoms with Crippen molar-refractivity contribution in [3.8, 4) is 0 Å². The van der Waals surface area contributed by atoms with Crippen molar-refractivity contribution in [1.29, 1.82) is 0 Å². The molecule has 2 nitrogen and oxygen atoms in total. The molecule has 2 aromatic carbocycles. The fraction of sp³-hybridized carbons (Fsp3) is 0.250. The summed E-state index contributed by atoms with van der Waals surface area (Å²) < 4.78 is 18.5. The smallest absolute Gasteiger partial charge is 0.0972 e. The normalized spacial score (nSPS) is 24.2. The van der Waals surface area contributed by atoms with Crippen LogP contribution < -0.4 is 0 Å². The molecule has 1 fully saturated rings. The summed E-state index contributed by atoms with van der Waals surface area (Å²) in [6, 6.07) is 19.7. The topological polar surface area (TPSA) is 26.3 Å². The Bertz CT molecular complexity index is 553. The van der Waals surface area contributed by atoms with Crippen LogP contribution in [0.5, 0.6) is 0 Å². The van der Waals surface area contributed by atoms with Crippen LogP contribution >= 0.6 is 0 Å². The van der Waals surface area contributed by atoms with E-state index in [0.717, 1.165) is 16.9 Å². The molecule has 1 saturated heterocycles. The van der Waals surface area contributed by atoms with Gasteiger partial charge in [0.2, 0.25) is 0 Å². The van der Waals surface area contributed by atoms with Gasteiger partial charge in [0.05, 0.1) is 22.2 Å². The second kappa shape index (κ2) is 5.68. The van der Waals surface area contributed by atoms with Crippen LogP contribution in [0.25, 0.3) is 0 Å². The van der Waals surface area contributed by atoms with Crippen LogP contribution in [0.2, 0.25) is 0 Å². The summed E-state index contributed by atoms with van der Waals surface area (Å²) >= 11 is 0. The zero-order valence-corrected chi connectivity index (χ0v) is 11.4.